The Morgan fingerprint density at radius 2 is 1.73 bits per heavy atom. The lowest BCUT2D eigenvalue weighted by molar-refractivity contribution is 0.196. The van der Waals surface area contributed by atoms with Crippen molar-refractivity contribution in [1.29, 1.82) is 0 Å². The van der Waals surface area contributed by atoms with Crippen molar-refractivity contribution in [3.63, 3.8) is 0 Å². The van der Waals surface area contributed by atoms with Crippen molar-refractivity contribution in [1.82, 2.24) is 0 Å². The second-order valence-corrected chi connectivity index (χ2v) is 7.25. The minimum atomic E-state index is 0.633. The molecule has 0 radical (unpaired) electrons. The van der Waals surface area contributed by atoms with Gasteiger partial charge in [-0.1, -0.05) is 47.0 Å². The predicted molar refractivity (Wildman–Crippen MR) is 66.8 cm³/mol. The highest BCUT2D eigenvalue weighted by molar-refractivity contribution is 4.92. The highest BCUT2D eigenvalue weighted by Crippen LogP contribution is 2.52. The molecule has 0 unspecified atom stereocenters. The van der Waals surface area contributed by atoms with Crippen LogP contribution in [0.2, 0.25) is 0 Å². The van der Waals surface area contributed by atoms with E-state index in [1.54, 1.807) is 0 Å². The fourth-order valence-corrected chi connectivity index (χ4v) is 4.31. The van der Waals surface area contributed by atoms with Crippen LogP contribution in [0.3, 0.4) is 0 Å². The monoisotopic (exact) mass is 208 g/mol. The zero-order valence-corrected chi connectivity index (χ0v) is 11.1. The van der Waals surface area contributed by atoms with Crippen LogP contribution in [0.25, 0.3) is 0 Å². The zero-order valence-electron chi connectivity index (χ0n) is 11.1. The van der Waals surface area contributed by atoms with Crippen LogP contribution >= 0.6 is 0 Å². The van der Waals surface area contributed by atoms with Gasteiger partial charge in [-0.3, -0.25) is 0 Å². The van der Waals surface area contributed by atoms with Crippen LogP contribution in [0.5, 0.6) is 0 Å². The molecule has 0 nitrogen and oxygen atoms in total. The lowest BCUT2D eigenvalue weighted by Crippen LogP contribution is -2.21. The van der Waals surface area contributed by atoms with Crippen LogP contribution in [0.1, 0.15) is 66.2 Å². The molecule has 4 atom stereocenters. The third-order valence-corrected chi connectivity index (χ3v) is 5.00. The van der Waals surface area contributed by atoms with Gasteiger partial charge in [0, 0.05) is 0 Å². The molecule has 0 bridgehead atoms. The lowest BCUT2D eigenvalue weighted by atomic mass is 9.75. The average Bonchev–Trinajstić information content (AvgIpc) is 2.39. The highest BCUT2D eigenvalue weighted by Gasteiger charge is 2.42. The summed E-state index contributed by atoms with van der Waals surface area (Å²) in [6, 6.07) is 0. The summed E-state index contributed by atoms with van der Waals surface area (Å²) < 4.78 is 0. The van der Waals surface area contributed by atoms with Gasteiger partial charge in [-0.15, -0.1) is 0 Å². The first-order valence-electron chi connectivity index (χ1n) is 6.98. The molecule has 0 heterocycles. The summed E-state index contributed by atoms with van der Waals surface area (Å²) in [5.74, 6) is 4.07. The molecule has 0 saturated heterocycles. The molecule has 2 saturated carbocycles. The maximum absolute atomic E-state index is 2.51. The third-order valence-electron chi connectivity index (χ3n) is 5.00. The Balaban J connectivity index is 2.09. The summed E-state index contributed by atoms with van der Waals surface area (Å²) in [7, 11) is 0. The van der Waals surface area contributed by atoms with Crippen LogP contribution in [-0.4, -0.2) is 0 Å². The van der Waals surface area contributed by atoms with Crippen molar-refractivity contribution in [2.75, 3.05) is 0 Å². The number of rotatable bonds is 0. The van der Waals surface area contributed by atoms with Crippen molar-refractivity contribution < 1.29 is 0 Å². The summed E-state index contributed by atoms with van der Waals surface area (Å²) in [5, 5.41) is 0. The van der Waals surface area contributed by atoms with E-state index in [1.807, 2.05) is 0 Å². The Morgan fingerprint density at radius 3 is 2.47 bits per heavy atom. The van der Waals surface area contributed by atoms with Crippen molar-refractivity contribution in [2.24, 2.45) is 29.1 Å². The van der Waals surface area contributed by atoms with Crippen molar-refractivity contribution in [3.8, 4) is 0 Å². The molecular formula is C15H28. The first kappa shape index (κ1) is 11.5. The summed E-state index contributed by atoms with van der Waals surface area (Å²) >= 11 is 0. The Morgan fingerprint density at radius 1 is 1.00 bits per heavy atom. The molecule has 0 aliphatic heterocycles. The molecule has 2 fully saturated rings. The molecule has 0 heteroatoms. The van der Waals surface area contributed by atoms with Gasteiger partial charge in [0.1, 0.15) is 0 Å². The minimum absolute atomic E-state index is 0.633. The Bertz CT molecular complexity index is 216. The molecule has 15 heavy (non-hydrogen) atoms. The van der Waals surface area contributed by atoms with Gasteiger partial charge in [-0.05, 0) is 48.3 Å². The van der Waals surface area contributed by atoms with E-state index in [1.165, 1.54) is 38.5 Å². The van der Waals surface area contributed by atoms with Crippen molar-refractivity contribution in [2.45, 2.75) is 66.2 Å². The molecule has 0 amide bonds. The molecule has 88 valence electrons. The van der Waals surface area contributed by atoms with Crippen molar-refractivity contribution in [3.05, 3.63) is 0 Å². The molecule has 0 aromatic rings. The Hall–Kier alpha value is 0. The molecule has 2 aliphatic rings. The van der Waals surface area contributed by atoms with Gasteiger partial charge in [0.05, 0.1) is 0 Å². The maximum atomic E-state index is 2.51. The smallest absolute Gasteiger partial charge is 0.0349 e. The van der Waals surface area contributed by atoms with Gasteiger partial charge >= 0.3 is 0 Å². The quantitative estimate of drug-likeness (QED) is 0.532. The molecular weight excluding hydrogens is 180 g/mol. The predicted octanol–water partition coefficient (Wildman–Crippen LogP) is 4.89. The summed E-state index contributed by atoms with van der Waals surface area (Å²) in [5.41, 5.74) is 0.633. The van der Waals surface area contributed by atoms with Crippen LogP contribution < -0.4 is 0 Å². The lowest BCUT2D eigenvalue weighted by Gasteiger charge is -2.31. The maximum Gasteiger partial charge on any atom is -0.0349 e. The second-order valence-electron chi connectivity index (χ2n) is 7.25. The van der Waals surface area contributed by atoms with Gasteiger partial charge in [0.15, 0.2) is 0 Å². The van der Waals surface area contributed by atoms with Gasteiger partial charge < -0.3 is 0 Å². The molecule has 0 aromatic heterocycles. The first-order chi connectivity index (χ1) is 6.98. The van der Waals surface area contributed by atoms with E-state index >= 15 is 0 Å². The SMILES string of the molecule is C[C@@H]1CCC[C@H](C)[C@@H]2CC(C)(C)C[C@@H]2C1. The third kappa shape index (κ3) is 2.57. The summed E-state index contributed by atoms with van der Waals surface area (Å²) in [4.78, 5) is 0. The standard InChI is InChI=1S/C15H28/c1-11-6-5-7-12(2)14-10-15(3,4)9-13(14)8-11/h11-14H,5-10H2,1-4H3/t11-,12+,13+,14+/m1/s1. The van der Waals surface area contributed by atoms with Crippen LogP contribution in [-0.2, 0) is 0 Å². The van der Waals surface area contributed by atoms with E-state index in [4.69, 9.17) is 0 Å². The molecule has 0 aromatic carbocycles. The first-order valence-corrected chi connectivity index (χ1v) is 6.98. The Labute approximate surface area is 95.8 Å². The number of fused-ring (bicyclic) bond motifs is 1. The number of hydrogen-bond acceptors (Lipinski definition) is 0. The van der Waals surface area contributed by atoms with Gasteiger partial charge in [-0.25, -0.2) is 0 Å². The van der Waals surface area contributed by atoms with Gasteiger partial charge in [0.2, 0.25) is 0 Å². The number of hydrogen-bond donors (Lipinski definition) is 0. The summed E-state index contributed by atoms with van der Waals surface area (Å²) in [6.45, 7) is 9.94. The van der Waals surface area contributed by atoms with E-state index in [0.717, 1.165) is 23.7 Å². The molecule has 2 rings (SSSR count). The minimum Gasteiger partial charge on any atom is -0.0625 e. The van der Waals surface area contributed by atoms with Crippen LogP contribution in [0, 0.1) is 29.1 Å². The average molecular weight is 208 g/mol. The zero-order chi connectivity index (χ0) is 11.1. The normalized spacial score (nSPS) is 45.6. The summed E-state index contributed by atoms with van der Waals surface area (Å²) in [6.07, 6.45) is 8.94. The largest absolute Gasteiger partial charge is 0.0625 e. The fourth-order valence-electron chi connectivity index (χ4n) is 4.31. The van der Waals surface area contributed by atoms with Gasteiger partial charge in [-0.2, -0.15) is 0 Å². The molecule has 0 spiro atoms. The van der Waals surface area contributed by atoms with E-state index in [9.17, 15) is 0 Å². The van der Waals surface area contributed by atoms with Crippen molar-refractivity contribution >= 4 is 0 Å². The second kappa shape index (κ2) is 4.11. The molecule has 0 N–H and O–H groups in total. The van der Waals surface area contributed by atoms with E-state index in [-0.39, 0.29) is 0 Å². The topological polar surface area (TPSA) is 0 Å². The molecule has 2 aliphatic carbocycles. The van der Waals surface area contributed by atoms with Crippen LogP contribution in [0.4, 0.5) is 0 Å². The Kier molecular flexibility index (Phi) is 3.14. The van der Waals surface area contributed by atoms with E-state index < -0.39 is 0 Å². The van der Waals surface area contributed by atoms with Gasteiger partial charge in [0.25, 0.3) is 0 Å². The highest BCUT2D eigenvalue weighted by atomic mass is 14.5. The fraction of sp³-hybridized carbons (Fsp3) is 1.00. The van der Waals surface area contributed by atoms with E-state index in [2.05, 4.69) is 27.7 Å². The van der Waals surface area contributed by atoms with Crippen LogP contribution in [0.15, 0.2) is 0 Å². The van der Waals surface area contributed by atoms with E-state index in [0.29, 0.717) is 5.41 Å².